The number of anilines is 1. The standard InChI is InChI=1S/C26H34N6O/c1-19(2)17-23-28-24(22-18-27-32(25(22)29-23)21-11-7-4-8-12-21)30-13-15-31(16-14-30)26(33)20-9-5-3-6-10-20/h4,7-8,11-12,18-20H,3,5-6,9-10,13-17H2,1-2H3. The lowest BCUT2D eigenvalue weighted by atomic mass is 9.88. The Kier molecular flexibility index (Phi) is 6.29. The number of carbonyl (C=O) groups excluding carboxylic acids is 1. The summed E-state index contributed by atoms with van der Waals surface area (Å²) in [4.78, 5) is 27.3. The Balaban J connectivity index is 1.41. The molecule has 7 heteroatoms. The van der Waals surface area contributed by atoms with Gasteiger partial charge in [0.15, 0.2) is 5.65 Å². The average Bonchev–Trinajstić information content (AvgIpc) is 3.28. The highest BCUT2D eigenvalue weighted by Gasteiger charge is 2.30. The van der Waals surface area contributed by atoms with Crippen molar-refractivity contribution in [2.45, 2.75) is 52.4 Å². The molecule has 5 rings (SSSR count). The van der Waals surface area contributed by atoms with Gasteiger partial charge in [-0.05, 0) is 30.9 Å². The monoisotopic (exact) mass is 446 g/mol. The van der Waals surface area contributed by atoms with Crippen molar-refractivity contribution in [2.24, 2.45) is 11.8 Å². The van der Waals surface area contributed by atoms with Crippen LogP contribution in [0.25, 0.3) is 16.7 Å². The molecule has 1 aromatic carbocycles. The van der Waals surface area contributed by atoms with E-state index in [9.17, 15) is 4.79 Å². The SMILES string of the molecule is CC(C)Cc1nc(N2CCN(C(=O)C3CCCCC3)CC2)c2cnn(-c3ccccc3)c2n1. The Morgan fingerprint density at radius 3 is 2.42 bits per heavy atom. The maximum Gasteiger partial charge on any atom is 0.225 e. The minimum atomic E-state index is 0.234. The smallest absolute Gasteiger partial charge is 0.225 e. The van der Waals surface area contributed by atoms with Crippen molar-refractivity contribution in [1.29, 1.82) is 0 Å². The zero-order valence-electron chi connectivity index (χ0n) is 19.8. The summed E-state index contributed by atoms with van der Waals surface area (Å²) in [5.74, 6) is 2.86. The lowest BCUT2D eigenvalue weighted by Gasteiger charge is -2.37. The third-order valence-corrected chi connectivity index (χ3v) is 6.89. The van der Waals surface area contributed by atoms with Gasteiger partial charge in [0.25, 0.3) is 0 Å². The van der Waals surface area contributed by atoms with Crippen molar-refractivity contribution in [2.75, 3.05) is 31.1 Å². The molecule has 1 saturated carbocycles. The number of amides is 1. The molecule has 0 N–H and O–H groups in total. The molecule has 0 bridgehead atoms. The lowest BCUT2D eigenvalue weighted by Crippen LogP contribution is -2.51. The molecule has 0 radical (unpaired) electrons. The number of benzene rings is 1. The summed E-state index contributed by atoms with van der Waals surface area (Å²) in [6, 6.07) is 10.1. The average molecular weight is 447 g/mol. The van der Waals surface area contributed by atoms with Gasteiger partial charge in [0.1, 0.15) is 11.6 Å². The molecule has 0 unspecified atom stereocenters. The highest BCUT2D eigenvalue weighted by Crippen LogP contribution is 2.29. The molecule has 33 heavy (non-hydrogen) atoms. The number of rotatable bonds is 5. The fourth-order valence-electron chi connectivity index (χ4n) is 5.14. The van der Waals surface area contributed by atoms with E-state index in [-0.39, 0.29) is 5.92 Å². The number of carbonyl (C=O) groups is 1. The van der Waals surface area contributed by atoms with E-state index >= 15 is 0 Å². The van der Waals surface area contributed by atoms with Gasteiger partial charge < -0.3 is 9.80 Å². The van der Waals surface area contributed by atoms with E-state index in [4.69, 9.17) is 9.97 Å². The Morgan fingerprint density at radius 1 is 1.00 bits per heavy atom. The van der Waals surface area contributed by atoms with Crippen molar-refractivity contribution in [1.82, 2.24) is 24.6 Å². The Morgan fingerprint density at radius 2 is 1.73 bits per heavy atom. The van der Waals surface area contributed by atoms with Crippen molar-refractivity contribution >= 4 is 22.8 Å². The van der Waals surface area contributed by atoms with Crippen molar-refractivity contribution in [3.63, 3.8) is 0 Å². The van der Waals surface area contributed by atoms with E-state index < -0.39 is 0 Å². The fraction of sp³-hybridized carbons (Fsp3) is 0.538. The van der Waals surface area contributed by atoms with E-state index in [2.05, 4.69) is 28.7 Å². The van der Waals surface area contributed by atoms with Gasteiger partial charge in [-0.3, -0.25) is 4.79 Å². The molecule has 2 aliphatic rings. The summed E-state index contributed by atoms with van der Waals surface area (Å²) in [6.07, 6.45) is 8.49. The van der Waals surface area contributed by atoms with Gasteiger partial charge in [0.2, 0.25) is 5.91 Å². The third kappa shape index (κ3) is 4.59. The molecule has 2 fully saturated rings. The summed E-state index contributed by atoms with van der Waals surface area (Å²) in [7, 11) is 0. The summed E-state index contributed by atoms with van der Waals surface area (Å²) in [5, 5.41) is 5.64. The van der Waals surface area contributed by atoms with E-state index in [1.54, 1.807) is 0 Å². The van der Waals surface area contributed by atoms with E-state index in [0.717, 1.165) is 73.8 Å². The van der Waals surface area contributed by atoms with Crippen LogP contribution >= 0.6 is 0 Å². The first-order chi connectivity index (χ1) is 16.1. The van der Waals surface area contributed by atoms with Crippen LogP contribution in [0.1, 0.15) is 51.8 Å². The van der Waals surface area contributed by atoms with E-state index in [1.807, 2.05) is 41.2 Å². The quantitative estimate of drug-likeness (QED) is 0.586. The van der Waals surface area contributed by atoms with Crippen LogP contribution < -0.4 is 4.90 Å². The molecule has 0 atom stereocenters. The van der Waals surface area contributed by atoms with Crippen LogP contribution in [-0.4, -0.2) is 56.7 Å². The molecule has 1 amide bonds. The van der Waals surface area contributed by atoms with Crippen molar-refractivity contribution in [3.05, 3.63) is 42.4 Å². The van der Waals surface area contributed by atoms with Gasteiger partial charge in [-0.15, -0.1) is 0 Å². The predicted octanol–water partition coefficient (Wildman–Crippen LogP) is 4.24. The molecule has 1 aliphatic carbocycles. The zero-order chi connectivity index (χ0) is 22.8. The van der Waals surface area contributed by atoms with Crippen molar-refractivity contribution in [3.8, 4) is 5.69 Å². The summed E-state index contributed by atoms with van der Waals surface area (Å²) in [6.45, 7) is 7.49. The molecule has 174 valence electrons. The Bertz CT molecular complexity index is 1090. The van der Waals surface area contributed by atoms with E-state index in [1.165, 1.54) is 19.3 Å². The highest BCUT2D eigenvalue weighted by molar-refractivity contribution is 5.88. The molecular formula is C26H34N6O. The predicted molar refractivity (Wildman–Crippen MR) is 131 cm³/mol. The number of hydrogen-bond donors (Lipinski definition) is 0. The normalized spacial score (nSPS) is 17.8. The Labute approximate surface area is 195 Å². The fourth-order valence-corrected chi connectivity index (χ4v) is 5.14. The number of aromatic nitrogens is 4. The number of piperazine rings is 1. The number of hydrogen-bond acceptors (Lipinski definition) is 5. The maximum atomic E-state index is 13.0. The van der Waals surface area contributed by atoms with Crippen LogP contribution in [0.15, 0.2) is 36.5 Å². The molecule has 1 aliphatic heterocycles. The molecule has 3 aromatic rings. The second kappa shape index (κ2) is 9.49. The van der Waals surface area contributed by atoms with Gasteiger partial charge in [-0.2, -0.15) is 5.10 Å². The van der Waals surface area contributed by atoms with Gasteiger partial charge in [0.05, 0.1) is 17.3 Å². The molecule has 2 aromatic heterocycles. The number of para-hydroxylation sites is 1. The lowest BCUT2D eigenvalue weighted by molar-refractivity contribution is -0.136. The number of fused-ring (bicyclic) bond motifs is 1. The van der Waals surface area contributed by atoms with Crippen molar-refractivity contribution < 1.29 is 4.79 Å². The second-order valence-electron chi connectivity index (χ2n) is 9.84. The molecule has 3 heterocycles. The first kappa shape index (κ1) is 21.9. The van der Waals surface area contributed by atoms with Crippen LogP contribution in [0.5, 0.6) is 0 Å². The van der Waals surface area contributed by atoms with Gasteiger partial charge in [0, 0.05) is 38.5 Å². The summed E-state index contributed by atoms with van der Waals surface area (Å²) in [5.41, 5.74) is 1.85. The Hall–Kier alpha value is -2.96. The first-order valence-corrected chi connectivity index (χ1v) is 12.4. The van der Waals surface area contributed by atoms with Gasteiger partial charge in [-0.25, -0.2) is 14.6 Å². The van der Waals surface area contributed by atoms with E-state index in [0.29, 0.717) is 11.8 Å². The van der Waals surface area contributed by atoms with Crippen LogP contribution in [0.2, 0.25) is 0 Å². The van der Waals surface area contributed by atoms with Crippen LogP contribution in [0.3, 0.4) is 0 Å². The van der Waals surface area contributed by atoms with Gasteiger partial charge in [-0.1, -0.05) is 51.3 Å². The number of nitrogens with zero attached hydrogens (tertiary/aromatic N) is 6. The second-order valence-corrected chi connectivity index (χ2v) is 9.84. The highest BCUT2D eigenvalue weighted by atomic mass is 16.2. The topological polar surface area (TPSA) is 67.2 Å². The molecule has 1 saturated heterocycles. The largest absolute Gasteiger partial charge is 0.352 e. The third-order valence-electron chi connectivity index (χ3n) is 6.89. The van der Waals surface area contributed by atoms with Crippen LogP contribution in [-0.2, 0) is 11.2 Å². The first-order valence-electron chi connectivity index (χ1n) is 12.4. The van der Waals surface area contributed by atoms with Crippen LogP contribution in [0, 0.1) is 11.8 Å². The molecule has 7 nitrogen and oxygen atoms in total. The summed E-state index contributed by atoms with van der Waals surface area (Å²) < 4.78 is 1.91. The van der Waals surface area contributed by atoms with Crippen LogP contribution in [0.4, 0.5) is 5.82 Å². The minimum Gasteiger partial charge on any atom is -0.352 e. The summed E-state index contributed by atoms with van der Waals surface area (Å²) >= 11 is 0. The minimum absolute atomic E-state index is 0.234. The zero-order valence-corrected chi connectivity index (χ0v) is 19.8. The molecular weight excluding hydrogens is 412 g/mol. The van der Waals surface area contributed by atoms with Gasteiger partial charge >= 0.3 is 0 Å². The maximum absolute atomic E-state index is 13.0. The molecule has 0 spiro atoms.